The largest absolute Gasteiger partial charge is 0.0622 e. The van der Waals surface area contributed by atoms with Crippen molar-refractivity contribution < 1.29 is 0 Å². The zero-order chi connectivity index (χ0) is 33.7. The monoisotopic (exact) mass is 642 g/mol. The third-order valence-electron chi connectivity index (χ3n) is 10.6. The summed E-state index contributed by atoms with van der Waals surface area (Å²) in [6.45, 7) is 2.38. The number of rotatable bonds is 10. The molecule has 3 atom stereocenters. The van der Waals surface area contributed by atoms with E-state index in [-0.39, 0.29) is 5.92 Å². The highest BCUT2D eigenvalue weighted by Gasteiger charge is 2.21. The third kappa shape index (κ3) is 6.63. The highest BCUT2D eigenvalue weighted by Crippen LogP contribution is 2.39. The first-order valence-corrected chi connectivity index (χ1v) is 18.0. The van der Waals surface area contributed by atoms with Crippen LogP contribution in [0.3, 0.4) is 0 Å². The number of hydrogen-bond acceptors (Lipinski definition) is 0. The molecule has 0 heteroatoms. The van der Waals surface area contributed by atoms with E-state index in [4.69, 9.17) is 0 Å². The van der Waals surface area contributed by atoms with Crippen LogP contribution < -0.4 is 0 Å². The summed E-state index contributed by atoms with van der Waals surface area (Å²) >= 11 is 0. The summed E-state index contributed by atoms with van der Waals surface area (Å²) in [6, 6.07) is 71.6. The maximum atomic E-state index is 2.38. The van der Waals surface area contributed by atoms with Crippen molar-refractivity contribution in [2.45, 2.75) is 37.5 Å². The molecule has 3 unspecified atom stereocenters. The zero-order valence-electron chi connectivity index (χ0n) is 28.6. The van der Waals surface area contributed by atoms with Gasteiger partial charge < -0.3 is 0 Å². The van der Waals surface area contributed by atoms with E-state index in [0.29, 0.717) is 11.8 Å². The normalized spacial score (nSPS) is 13.2. The summed E-state index contributed by atoms with van der Waals surface area (Å²) in [5.74, 6) is 1.00. The predicted molar refractivity (Wildman–Crippen MR) is 213 cm³/mol. The lowest BCUT2D eigenvalue weighted by molar-refractivity contribution is 0.619. The van der Waals surface area contributed by atoms with Crippen LogP contribution in [0.15, 0.2) is 194 Å². The van der Waals surface area contributed by atoms with Gasteiger partial charge in [0.15, 0.2) is 0 Å². The van der Waals surface area contributed by atoms with E-state index in [9.17, 15) is 0 Å². The number of fused-ring (bicyclic) bond motifs is 2. The Morgan fingerprint density at radius 1 is 0.360 bits per heavy atom. The Bertz CT molecular complexity index is 2310. The molecule has 0 bridgehead atoms. The van der Waals surface area contributed by atoms with Gasteiger partial charge in [0.25, 0.3) is 0 Å². The molecule has 50 heavy (non-hydrogen) atoms. The number of benzene rings is 8. The lowest BCUT2D eigenvalue weighted by atomic mass is 9.80. The van der Waals surface area contributed by atoms with Gasteiger partial charge in [-0.2, -0.15) is 0 Å². The quantitative estimate of drug-likeness (QED) is 0.139. The lowest BCUT2D eigenvalue weighted by Crippen LogP contribution is -2.07. The van der Waals surface area contributed by atoms with Crippen molar-refractivity contribution in [2.75, 3.05) is 0 Å². The van der Waals surface area contributed by atoms with Crippen molar-refractivity contribution >= 4 is 21.5 Å². The van der Waals surface area contributed by atoms with E-state index in [1.54, 1.807) is 0 Å². The molecular formula is C50H42. The predicted octanol–water partition coefficient (Wildman–Crippen LogP) is 13.4. The second-order valence-electron chi connectivity index (χ2n) is 13.7. The van der Waals surface area contributed by atoms with Crippen LogP contribution in [0.4, 0.5) is 0 Å². The fraction of sp³-hybridized carbons (Fsp3) is 0.120. The molecule has 0 aliphatic heterocycles. The Balaban J connectivity index is 1.02. The van der Waals surface area contributed by atoms with E-state index in [1.807, 2.05) is 0 Å². The summed E-state index contributed by atoms with van der Waals surface area (Å²) < 4.78 is 0. The van der Waals surface area contributed by atoms with Crippen molar-refractivity contribution in [2.24, 2.45) is 0 Å². The van der Waals surface area contributed by atoms with Crippen LogP contribution in [0.25, 0.3) is 32.7 Å². The van der Waals surface area contributed by atoms with E-state index >= 15 is 0 Å². The summed E-state index contributed by atoms with van der Waals surface area (Å²) in [7, 11) is 0. The Labute approximate surface area is 296 Å². The molecule has 0 N–H and O–H groups in total. The average Bonchev–Trinajstić information content (AvgIpc) is 3.19. The van der Waals surface area contributed by atoms with Gasteiger partial charge in [-0.05, 0) is 84.8 Å². The summed E-state index contributed by atoms with van der Waals surface area (Å²) in [6.07, 6.45) is 2.00. The van der Waals surface area contributed by atoms with Crippen molar-refractivity contribution in [1.82, 2.24) is 0 Å². The van der Waals surface area contributed by atoms with Gasteiger partial charge in [-0.3, -0.25) is 0 Å². The third-order valence-corrected chi connectivity index (χ3v) is 10.6. The van der Waals surface area contributed by atoms with Crippen LogP contribution in [0.2, 0.25) is 0 Å². The minimum Gasteiger partial charge on any atom is -0.0622 e. The molecule has 0 aromatic heterocycles. The Morgan fingerprint density at radius 3 is 1.36 bits per heavy atom. The molecule has 0 spiro atoms. The highest BCUT2D eigenvalue weighted by atomic mass is 14.2. The zero-order valence-corrected chi connectivity index (χ0v) is 28.6. The first kappa shape index (κ1) is 31.5. The topological polar surface area (TPSA) is 0 Å². The van der Waals surface area contributed by atoms with Gasteiger partial charge in [-0.15, -0.1) is 0 Å². The Hall–Kier alpha value is -5.72. The molecule has 0 aliphatic rings. The Kier molecular flexibility index (Phi) is 9.09. The molecule has 0 nitrogen and oxygen atoms in total. The summed E-state index contributed by atoms with van der Waals surface area (Å²) in [4.78, 5) is 0. The van der Waals surface area contributed by atoms with E-state index in [1.165, 1.54) is 66.1 Å². The van der Waals surface area contributed by atoms with Crippen molar-refractivity contribution in [1.29, 1.82) is 0 Å². The van der Waals surface area contributed by atoms with Gasteiger partial charge in [0.2, 0.25) is 0 Å². The molecule has 242 valence electrons. The smallest absolute Gasteiger partial charge is 0.0136 e. The van der Waals surface area contributed by atoms with Crippen LogP contribution in [0.1, 0.15) is 64.5 Å². The molecule has 0 heterocycles. The molecule has 8 aromatic rings. The SMILES string of the molecule is CC(CC(c1ccccc1)c1cccc2ccccc12)c1ccc(-c2ccc(CC(c3ccccc3)c3cccc4ccccc34)cc2)cc1. The van der Waals surface area contributed by atoms with Crippen molar-refractivity contribution in [3.05, 3.63) is 228 Å². The second kappa shape index (κ2) is 14.4. The number of hydrogen-bond donors (Lipinski definition) is 0. The van der Waals surface area contributed by atoms with Crippen LogP contribution in [0.5, 0.6) is 0 Å². The molecule has 0 saturated heterocycles. The van der Waals surface area contributed by atoms with Crippen LogP contribution >= 0.6 is 0 Å². The second-order valence-corrected chi connectivity index (χ2v) is 13.7. The minimum absolute atomic E-state index is 0.280. The maximum Gasteiger partial charge on any atom is 0.0136 e. The van der Waals surface area contributed by atoms with Crippen LogP contribution in [-0.4, -0.2) is 0 Å². The van der Waals surface area contributed by atoms with Gasteiger partial charge in [0, 0.05) is 11.8 Å². The molecule has 8 aromatic carbocycles. The molecule has 8 rings (SSSR count). The van der Waals surface area contributed by atoms with E-state index in [2.05, 4.69) is 201 Å². The average molecular weight is 643 g/mol. The van der Waals surface area contributed by atoms with E-state index in [0.717, 1.165) is 12.8 Å². The standard InChI is InChI=1S/C50H42/c1-36(34-49(43-14-4-2-5-15-43)47-24-12-20-41-18-8-10-22-45(41)47)38-30-32-40(33-31-38)39-28-26-37(27-29-39)35-50(44-16-6-3-7-17-44)48-25-13-21-42-19-9-11-23-46(42)48/h2-33,36,49-50H,34-35H2,1H3. The molecular weight excluding hydrogens is 601 g/mol. The molecule has 0 aliphatic carbocycles. The van der Waals surface area contributed by atoms with Gasteiger partial charge in [0.1, 0.15) is 0 Å². The van der Waals surface area contributed by atoms with Crippen LogP contribution in [-0.2, 0) is 6.42 Å². The highest BCUT2D eigenvalue weighted by molar-refractivity contribution is 5.87. The van der Waals surface area contributed by atoms with Gasteiger partial charge >= 0.3 is 0 Å². The summed E-state index contributed by atoms with van der Waals surface area (Å²) in [5, 5.41) is 5.28. The van der Waals surface area contributed by atoms with Gasteiger partial charge in [-0.25, -0.2) is 0 Å². The molecule has 0 saturated carbocycles. The summed E-state index contributed by atoms with van der Waals surface area (Å²) in [5.41, 5.74) is 10.8. The van der Waals surface area contributed by atoms with Gasteiger partial charge in [0.05, 0.1) is 0 Å². The van der Waals surface area contributed by atoms with Crippen LogP contribution in [0, 0.1) is 0 Å². The molecule has 0 amide bonds. The fourth-order valence-corrected chi connectivity index (χ4v) is 7.89. The van der Waals surface area contributed by atoms with Crippen molar-refractivity contribution in [3.63, 3.8) is 0 Å². The first-order valence-electron chi connectivity index (χ1n) is 18.0. The Morgan fingerprint density at radius 2 is 0.800 bits per heavy atom. The van der Waals surface area contributed by atoms with Gasteiger partial charge in [-0.1, -0.05) is 201 Å². The van der Waals surface area contributed by atoms with E-state index < -0.39 is 0 Å². The molecule has 0 radical (unpaired) electrons. The first-order chi connectivity index (χ1) is 24.7. The molecule has 0 fully saturated rings. The van der Waals surface area contributed by atoms with Crippen molar-refractivity contribution in [3.8, 4) is 11.1 Å². The fourth-order valence-electron chi connectivity index (χ4n) is 7.89. The maximum absolute atomic E-state index is 2.38. The lowest BCUT2D eigenvalue weighted by Gasteiger charge is -2.24. The minimum atomic E-state index is 0.280.